The van der Waals surface area contributed by atoms with Crippen molar-refractivity contribution < 1.29 is 19.3 Å². The monoisotopic (exact) mass is 302 g/mol. The molecule has 4 amide bonds. The molecule has 2 heterocycles. The van der Waals surface area contributed by atoms with Gasteiger partial charge in [-0.1, -0.05) is 31.2 Å². The van der Waals surface area contributed by atoms with E-state index < -0.39 is 17.8 Å². The quantitative estimate of drug-likeness (QED) is 0.618. The fraction of sp³-hybridized carbons (Fsp3) is 0.438. The van der Waals surface area contributed by atoms with Crippen LogP contribution in [0.25, 0.3) is 0 Å². The topological polar surface area (TPSA) is 62.1 Å². The highest BCUT2D eigenvalue weighted by molar-refractivity contribution is 6.44. The maximum absolute atomic E-state index is 12.2. The van der Waals surface area contributed by atoms with Gasteiger partial charge in [-0.15, -0.1) is 0 Å². The van der Waals surface area contributed by atoms with Crippen molar-refractivity contribution in [3.63, 3.8) is 0 Å². The van der Waals surface area contributed by atoms with Crippen LogP contribution >= 0.6 is 0 Å². The Morgan fingerprint density at radius 3 is 2.45 bits per heavy atom. The fourth-order valence-electron chi connectivity index (χ4n) is 3.11. The molecule has 0 aromatic heterocycles. The molecule has 1 aromatic rings. The lowest BCUT2D eigenvalue weighted by Crippen LogP contribution is -3.13. The van der Waals surface area contributed by atoms with Crippen LogP contribution in [0.15, 0.2) is 24.3 Å². The van der Waals surface area contributed by atoms with Gasteiger partial charge < -0.3 is 4.90 Å². The molecule has 6 nitrogen and oxygen atoms in total. The molecule has 1 fully saturated rings. The molecule has 1 N–H and O–H groups in total. The Hall–Kier alpha value is -2.21. The highest BCUT2D eigenvalue weighted by atomic mass is 16.2. The number of hydrogen-bond acceptors (Lipinski definition) is 3. The second-order valence-electron chi connectivity index (χ2n) is 5.83. The summed E-state index contributed by atoms with van der Waals surface area (Å²) >= 11 is 0. The molecule has 3 rings (SSSR count). The van der Waals surface area contributed by atoms with Gasteiger partial charge >= 0.3 is 17.8 Å². The first-order valence-corrected chi connectivity index (χ1v) is 7.69. The Balaban J connectivity index is 1.70. The van der Waals surface area contributed by atoms with Crippen molar-refractivity contribution in [3.8, 4) is 0 Å². The number of carbonyl (C=O) groups is 3. The van der Waals surface area contributed by atoms with Gasteiger partial charge in [0, 0.05) is 18.5 Å². The molecule has 22 heavy (non-hydrogen) atoms. The van der Waals surface area contributed by atoms with Crippen molar-refractivity contribution in [1.82, 2.24) is 9.80 Å². The Morgan fingerprint density at radius 1 is 1.05 bits per heavy atom. The maximum Gasteiger partial charge on any atom is 0.338 e. The number of imide groups is 2. The van der Waals surface area contributed by atoms with E-state index in [2.05, 4.69) is 12.1 Å². The van der Waals surface area contributed by atoms with Gasteiger partial charge in [-0.25, -0.2) is 9.69 Å². The van der Waals surface area contributed by atoms with Crippen molar-refractivity contribution in [2.75, 3.05) is 19.8 Å². The summed E-state index contributed by atoms with van der Waals surface area (Å²) < 4.78 is 0. The standard InChI is InChI=1S/C16H19N3O3/c1-2-8-18-14(20)15(21)19(16(18)22)11-17-9-7-12-5-3-4-6-13(12)10-17/h3-6H,2,7-11H2,1H3/p+1. The Labute approximate surface area is 129 Å². The number of quaternary nitrogens is 1. The smallest absolute Gasteiger partial charge is 0.313 e. The third kappa shape index (κ3) is 2.50. The van der Waals surface area contributed by atoms with E-state index in [0.29, 0.717) is 13.0 Å². The number of fused-ring (bicyclic) bond motifs is 1. The molecule has 116 valence electrons. The predicted molar refractivity (Wildman–Crippen MR) is 78.8 cm³/mol. The second kappa shape index (κ2) is 5.88. The van der Waals surface area contributed by atoms with E-state index in [-0.39, 0.29) is 6.67 Å². The van der Waals surface area contributed by atoms with Crippen LogP contribution in [0.4, 0.5) is 4.79 Å². The Bertz CT molecular complexity index is 629. The van der Waals surface area contributed by atoms with Crippen LogP contribution in [0.3, 0.4) is 0 Å². The SMILES string of the molecule is CCCN1C(=O)C(=O)N(C[NH+]2CCc3ccccc3C2)C1=O. The third-order valence-corrected chi connectivity index (χ3v) is 4.27. The molecule has 1 saturated heterocycles. The van der Waals surface area contributed by atoms with E-state index in [1.54, 1.807) is 0 Å². The number of amides is 4. The maximum atomic E-state index is 12.2. The van der Waals surface area contributed by atoms with Crippen LogP contribution in [-0.2, 0) is 22.6 Å². The lowest BCUT2D eigenvalue weighted by atomic mass is 10.0. The molecule has 0 radical (unpaired) electrons. The number of urea groups is 1. The first-order chi connectivity index (χ1) is 10.6. The van der Waals surface area contributed by atoms with Crippen LogP contribution in [0.2, 0.25) is 0 Å². The van der Waals surface area contributed by atoms with Gasteiger partial charge in [0.1, 0.15) is 6.54 Å². The van der Waals surface area contributed by atoms with E-state index in [1.165, 1.54) is 11.1 Å². The molecule has 1 atom stereocenters. The van der Waals surface area contributed by atoms with Crippen molar-refractivity contribution in [2.24, 2.45) is 0 Å². The molecular formula is C16H20N3O3+. The van der Waals surface area contributed by atoms with E-state index in [0.717, 1.165) is 34.2 Å². The van der Waals surface area contributed by atoms with Gasteiger partial charge in [-0.05, 0) is 12.0 Å². The summed E-state index contributed by atoms with van der Waals surface area (Å²) in [6.07, 6.45) is 1.58. The van der Waals surface area contributed by atoms with E-state index >= 15 is 0 Å². The van der Waals surface area contributed by atoms with Crippen molar-refractivity contribution in [1.29, 1.82) is 0 Å². The van der Waals surface area contributed by atoms with Gasteiger partial charge in [-0.2, -0.15) is 0 Å². The summed E-state index contributed by atoms with van der Waals surface area (Å²) in [6, 6.07) is 7.75. The molecule has 2 aliphatic heterocycles. The molecule has 0 spiro atoms. The lowest BCUT2D eigenvalue weighted by Gasteiger charge is -2.28. The van der Waals surface area contributed by atoms with Gasteiger partial charge in [0.05, 0.1) is 6.54 Å². The van der Waals surface area contributed by atoms with Crippen LogP contribution in [0.5, 0.6) is 0 Å². The summed E-state index contributed by atoms with van der Waals surface area (Å²) in [5.41, 5.74) is 2.58. The minimum atomic E-state index is -0.691. The fourth-order valence-corrected chi connectivity index (χ4v) is 3.11. The zero-order valence-corrected chi connectivity index (χ0v) is 12.7. The first kappa shape index (κ1) is 14.7. The summed E-state index contributed by atoms with van der Waals surface area (Å²) in [7, 11) is 0. The van der Waals surface area contributed by atoms with Crippen LogP contribution in [0, 0.1) is 0 Å². The van der Waals surface area contributed by atoms with Crippen LogP contribution in [-0.4, -0.2) is 47.4 Å². The van der Waals surface area contributed by atoms with Crippen molar-refractivity contribution in [2.45, 2.75) is 26.3 Å². The van der Waals surface area contributed by atoms with Crippen LogP contribution < -0.4 is 4.90 Å². The summed E-state index contributed by atoms with van der Waals surface area (Å²) in [5, 5.41) is 0. The molecule has 2 aliphatic rings. The van der Waals surface area contributed by atoms with Gasteiger partial charge in [-0.3, -0.25) is 14.5 Å². The van der Waals surface area contributed by atoms with Crippen molar-refractivity contribution in [3.05, 3.63) is 35.4 Å². The number of hydrogen-bond donors (Lipinski definition) is 1. The minimum Gasteiger partial charge on any atom is -0.313 e. The highest BCUT2D eigenvalue weighted by Gasteiger charge is 2.45. The molecule has 0 aliphatic carbocycles. The Kier molecular flexibility index (Phi) is 3.94. The summed E-state index contributed by atoms with van der Waals surface area (Å²) in [5.74, 6) is -1.38. The van der Waals surface area contributed by atoms with Gasteiger partial charge in [0.15, 0.2) is 6.67 Å². The zero-order chi connectivity index (χ0) is 15.7. The summed E-state index contributed by atoms with van der Waals surface area (Å²) in [4.78, 5) is 39.4. The lowest BCUT2D eigenvalue weighted by molar-refractivity contribution is -0.923. The second-order valence-corrected chi connectivity index (χ2v) is 5.83. The zero-order valence-electron chi connectivity index (χ0n) is 12.7. The molecule has 0 bridgehead atoms. The largest absolute Gasteiger partial charge is 0.338 e. The average molecular weight is 302 g/mol. The normalized spacial score (nSPS) is 21.5. The highest BCUT2D eigenvalue weighted by Crippen LogP contribution is 2.13. The molecular weight excluding hydrogens is 282 g/mol. The number of rotatable bonds is 4. The number of carbonyl (C=O) groups excluding carboxylic acids is 3. The number of benzene rings is 1. The third-order valence-electron chi connectivity index (χ3n) is 4.27. The van der Waals surface area contributed by atoms with E-state index in [9.17, 15) is 14.4 Å². The first-order valence-electron chi connectivity index (χ1n) is 7.69. The van der Waals surface area contributed by atoms with Crippen LogP contribution in [0.1, 0.15) is 24.5 Å². The Morgan fingerprint density at radius 2 is 1.73 bits per heavy atom. The van der Waals surface area contributed by atoms with E-state index in [1.807, 2.05) is 19.1 Å². The molecule has 1 aromatic carbocycles. The predicted octanol–water partition coefficient (Wildman–Crippen LogP) is -0.214. The minimum absolute atomic E-state index is 0.262. The van der Waals surface area contributed by atoms with E-state index in [4.69, 9.17) is 0 Å². The summed E-state index contributed by atoms with van der Waals surface area (Å²) in [6.45, 7) is 4.07. The number of nitrogens with zero attached hydrogens (tertiary/aromatic N) is 2. The van der Waals surface area contributed by atoms with Gasteiger partial charge in [0.2, 0.25) is 0 Å². The molecule has 1 unspecified atom stereocenters. The number of nitrogens with one attached hydrogen (secondary N) is 1. The molecule has 0 saturated carbocycles. The average Bonchev–Trinajstić information content (AvgIpc) is 2.73. The van der Waals surface area contributed by atoms with Crippen molar-refractivity contribution >= 4 is 17.8 Å². The molecule has 6 heteroatoms. The van der Waals surface area contributed by atoms with Gasteiger partial charge in [0.25, 0.3) is 0 Å².